The normalized spacial score (nSPS) is 14.2. The van der Waals surface area contributed by atoms with Crippen LogP contribution in [0.5, 0.6) is 34.5 Å². The van der Waals surface area contributed by atoms with Crippen molar-refractivity contribution in [3.05, 3.63) is 65.7 Å². The quantitative estimate of drug-likeness (QED) is 0.127. The molecule has 46 heavy (non-hydrogen) atoms. The number of anilines is 1. The second kappa shape index (κ2) is 17.9. The van der Waals surface area contributed by atoms with E-state index in [-0.39, 0.29) is 11.5 Å². The van der Waals surface area contributed by atoms with E-state index in [1.54, 1.807) is 35.5 Å². The Bertz CT molecular complexity index is 1460. The van der Waals surface area contributed by atoms with Crippen molar-refractivity contribution in [2.45, 2.75) is 85.2 Å². The molecule has 0 saturated carbocycles. The summed E-state index contributed by atoms with van der Waals surface area (Å²) in [4.78, 5) is 11.5. The van der Waals surface area contributed by atoms with Gasteiger partial charge in [-0.25, -0.2) is 9.98 Å². The van der Waals surface area contributed by atoms with Crippen LogP contribution in [0.3, 0.4) is 0 Å². The summed E-state index contributed by atoms with van der Waals surface area (Å²) in [5, 5.41) is 22.3. The Morgan fingerprint density at radius 1 is 0.630 bits per heavy atom. The molecule has 0 fully saturated rings. The molecule has 0 spiro atoms. The minimum atomic E-state index is -0.753. The van der Waals surface area contributed by atoms with Crippen LogP contribution in [0.25, 0.3) is 0 Å². The van der Waals surface area contributed by atoms with E-state index in [2.05, 4.69) is 27.7 Å². The van der Waals surface area contributed by atoms with Gasteiger partial charge in [-0.2, -0.15) is 0 Å². The number of amidine groups is 1. The van der Waals surface area contributed by atoms with E-state index in [0.29, 0.717) is 66.3 Å². The highest BCUT2D eigenvalue weighted by Crippen LogP contribution is 2.39. The first-order chi connectivity index (χ1) is 22.5. The highest BCUT2D eigenvalue weighted by molar-refractivity contribution is 6.21. The Balaban J connectivity index is 1.74. The summed E-state index contributed by atoms with van der Waals surface area (Å²) >= 11 is 0. The molecule has 248 valence electrons. The van der Waals surface area contributed by atoms with Gasteiger partial charge in [-0.1, -0.05) is 53.4 Å². The van der Waals surface area contributed by atoms with Crippen LogP contribution in [0.2, 0.25) is 0 Å². The molecule has 0 amide bonds. The summed E-state index contributed by atoms with van der Waals surface area (Å²) < 4.78 is 23.9. The topological polar surface area (TPSA) is 105 Å². The van der Waals surface area contributed by atoms with Crippen molar-refractivity contribution in [2.24, 2.45) is 9.98 Å². The summed E-state index contributed by atoms with van der Waals surface area (Å²) in [6.45, 7) is 10.8. The maximum Gasteiger partial charge on any atom is 0.172 e. The predicted molar refractivity (Wildman–Crippen MR) is 185 cm³/mol. The third-order valence-corrected chi connectivity index (χ3v) is 7.53. The second-order valence-electron chi connectivity index (χ2n) is 11.3. The number of benzene rings is 3. The van der Waals surface area contributed by atoms with Crippen molar-refractivity contribution in [2.75, 3.05) is 31.3 Å². The molecule has 0 bridgehead atoms. The van der Waals surface area contributed by atoms with Crippen LogP contribution in [0, 0.1) is 0 Å². The molecule has 9 heteroatoms. The van der Waals surface area contributed by atoms with Crippen molar-refractivity contribution < 1.29 is 29.2 Å². The first-order valence-electron chi connectivity index (χ1n) is 16.7. The van der Waals surface area contributed by atoms with Gasteiger partial charge in [0.15, 0.2) is 6.17 Å². The molecule has 9 nitrogen and oxygen atoms in total. The van der Waals surface area contributed by atoms with Crippen molar-refractivity contribution in [3.63, 3.8) is 0 Å². The maximum atomic E-state index is 11.3. The van der Waals surface area contributed by atoms with Gasteiger partial charge in [0.1, 0.15) is 40.3 Å². The van der Waals surface area contributed by atoms with Crippen LogP contribution in [0.15, 0.2) is 64.6 Å². The average molecular weight is 632 g/mol. The number of phenols is 2. The van der Waals surface area contributed by atoms with Crippen LogP contribution in [-0.2, 0) is 0 Å². The lowest BCUT2D eigenvalue weighted by molar-refractivity contribution is 0.295. The van der Waals surface area contributed by atoms with E-state index in [1.807, 2.05) is 30.3 Å². The number of hydrogen-bond donors (Lipinski definition) is 2. The van der Waals surface area contributed by atoms with E-state index < -0.39 is 6.17 Å². The number of phenolic OH excluding ortho intramolecular Hbond substituents is 2. The zero-order valence-corrected chi connectivity index (χ0v) is 27.7. The molecule has 0 aliphatic carbocycles. The fourth-order valence-electron chi connectivity index (χ4n) is 4.77. The minimum Gasteiger partial charge on any atom is -0.507 e. The van der Waals surface area contributed by atoms with Gasteiger partial charge < -0.3 is 29.2 Å². The fraction of sp³-hybridized carbons (Fsp3) is 0.459. The van der Waals surface area contributed by atoms with E-state index in [9.17, 15) is 10.2 Å². The maximum absolute atomic E-state index is 11.3. The summed E-state index contributed by atoms with van der Waals surface area (Å²) in [5.41, 5.74) is 1.71. The number of aliphatic imine (C=N–C) groups is 2. The van der Waals surface area contributed by atoms with E-state index in [1.165, 1.54) is 0 Å². The molecule has 1 unspecified atom stereocenters. The highest BCUT2D eigenvalue weighted by atomic mass is 16.5. The van der Waals surface area contributed by atoms with E-state index >= 15 is 0 Å². The Hall–Kier alpha value is -4.40. The van der Waals surface area contributed by atoms with Crippen LogP contribution in [-0.4, -0.2) is 48.8 Å². The lowest BCUT2D eigenvalue weighted by Crippen LogP contribution is -2.34. The Morgan fingerprint density at radius 2 is 1.15 bits per heavy atom. The standard InChI is InChI=1S/C37H49N3O6/c1-5-9-19-43-27-13-16-30(33(41)23-27)36-38-26-40(37(39-36)31-17-14-28(24-34(31)42)44-20-10-6-2)32-18-15-29(45-21-11-7-3)25-35(32)46-22-12-8-4/h13-18,23-26,36,41-42H,5-12,19-22H2,1-4H3. The third kappa shape index (κ3) is 9.31. The SMILES string of the molecule is CCCCOc1ccc(C2=NC(c3ccc(OCCCC)cc3O)N=CN2c2ccc(OCCCC)cc2OCCCC)c(O)c1. The Morgan fingerprint density at radius 3 is 1.72 bits per heavy atom. The third-order valence-electron chi connectivity index (χ3n) is 7.53. The van der Waals surface area contributed by atoms with Crippen molar-refractivity contribution in [1.29, 1.82) is 0 Å². The molecular formula is C37H49N3O6. The second-order valence-corrected chi connectivity index (χ2v) is 11.3. The summed E-state index contributed by atoms with van der Waals surface area (Å²) in [7, 11) is 0. The zero-order chi connectivity index (χ0) is 32.7. The van der Waals surface area contributed by atoms with Gasteiger partial charge in [0.2, 0.25) is 0 Å². The van der Waals surface area contributed by atoms with Crippen molar-refractivity contribution >= 4 is 17.9 Å². The molecule has 0 aromatic heterocycles. The molecule has 1 heterocycles. The van der Waals surface area contributed by atoms with Gasteiger partial charge in [0.05, 0.1) is 44.0 Å². The van der Waals surface area contributed by atoms with Crippen LogP contribution >= 0.6 is 0 Å². The van der Waals surface area contributed by atoms with E-state index in [0.717, 1.165) is 57.1 Å². The van der Waals surface area contributed by atoms with Crippen molar-refractivity contribution in [3.8, 4) is 34.5 Å². The van der Waals surface area contributed by atoms with Gasteiger partial charge in [-0.3, -0.25) is 4.90 Å². The molecule has 0 radical (unpaired) electrons. The van der Waals surface area contributed by atoms with Gasteiger partial charge in [-0.15, -0.1) is 0 Å². The summed E-state index contributed by atoms with van der Waals surface area (Å²) in [6.07, 6.45) is 8.70. The van der Waals surface area contributed by atoms with Gasteiger partial charge >= 0.3 is 0 Å². The lowest BCUT2D eigenvalue weighted by atomic mass is 10.1. The smallest absolute Gasteiger partial charge is 0.172 e. The van der Waals surface area contributed by atoms with Gasteiger partial charge in [0.25, 0.3) is 0 Å². The van der Waals surface area contributed by atoms with E-state index in [4.69, 9.17) is 28.9 Å². The van der Waals surface area contributed by atoms with Gasteiger partial charge in [0, 0.05) is 23.8 Å². The molecule has 4 rings (SSSR count). The van der Waals surface area contributed by atoms with Crippen LogP contribution in [0.4, 0.5) is 5.69 Å². The van der Waals surface area contributed by atoms with Gasteiger partial charge in [-0.05, 0) is 62.1 Å². The number of ether oxygens (including phenoxy) is 4. The largest absolute Gasteiger partial charge is 0.507 e. The highest BCUT2D eigenvalue weighted by Gasteiger charge is 2.28. The molecule has 0 saturated heterocycles. The number of hydrogen-bond acceptors (Lipinski definition) is 9. The molecule has 1 aliphatic heterocycles. The van der Waals surface area contributed by atoms with Crippen molar-refractivity contribution in [1.82, 2.24) is 0 Å². The zero-order valence-electron chi connectivity index (χ0n) is 27.7. The van der Waals surface area contributed by atoms with Crippen LogP contribution in [0.1, 0.15) is 96.4 Å². The molecule has 1 atom stereocenters. The number of aromatic hydroxyl groups is 2. The predicted octanol–water partition coefficient (Wildman–Crippen LogP) is 8.81. The molecule has 3 aromatic rings. The first-order valence-corrected chi connectivity index (χ1v) is 16.7. The minimum absolute atomic E-state index is 0.0173. The molecule has 1 aliphatic rings. The lowest BCUT2D eigenvalue weighted by Gasteiger charge is -2.29. The monoisotopic (exact) mass is 631 g/mol. The number of unbranched alkanes of at least 4 members (excludes halogenated alkanes) is 4. The molecule has 3 aromatic carbocycles. The Kier molecular flexibility index (Phi) is 13.4. The summed E-state index contributed by atoms with van der Waals surface area (Å²) in [6, 6.07) is 16.1. The average Bonchev–Trinajstić information content (AvgIpc) is 3.05. The molecular weight excluding hydrogens is 582 g/mol. The number of nitrogens with zero attached hydrogens (tertiary/aromatic N) is 3. The van der Waals surface area contributed by atoms with Crippen LogP contribution < -0.4 is 23.8 Å². The Labute approximate surface area is 273 Å². The first kappa shape index (κ1) is 34.5. The summed E-state index contributed by atoms with van der Waals surface area (Å²) in [5.74, 6) is 3.01. The molecule has 2 N–H and O–H groups in total. The number of rotatable bonds is 19. The fourth-order valence-corrected chi connectivity index (χ4v) is 4.77.